The van der Waals surface area contributed by atoms with Crippen LogP contribution in [0, 0.1) is 5.92 Å². The molecule has 0 aromatic heterocycles. The second-order valence-corrected chi connectivity index (χ2v) is 4.36. The number of amides is 1. The van der Waals surface area contributed by atoms with Gasteiger partial charge >= 0.3 is 5.97 Å². The van der Waals surface area contributed by atoms with Gasteiger partial charge in [0, 0.05) is 13.5 Å². The van der Waals surface area contributed by atoms with Gasteiger partial charge in [0.25, 0.3) is 0 Å². The standard InChI is InChI=1S/C10H20N2O3/c1-7(6-11)5-8(13)12(4)10(2,3)9(14)15/h7H,5-6,11H2,1-4H3,(H,14,15). The molecule has 0 saturated heterocycles. The lowest BCUT2D eigenvalue weighted by atomic mass is 10.0. The predicted octanol–water partition coefficient (Wildman–Crippen LogP) is 0.293. The van der Waals surface area contributed by atoms with E-state index in [1.165, 1.54) is 25.8 Å². The molecule has 0 heterocycles. The fourth-order valence-corrected chi connectivity index (χ4v) is 0.974. The molecular formula is C10H20N2O3. The molecule has 0 aliphatic carbocycles. The minimum Gasteiger partial charge on any atom is -0.480 e. The van der Waals surface area contributed by atoms with Gasteiger partial charge in [0.2, 0.25) is 5.91 Å². The van der Waals surface area contributed by atoms with Gasteiger partial charge in [-0.05, 0) is 26.3 Å². The molecule has 0 aliphatic rings. The summed E-state index contributed by atoms with van der Waals surface area (Å²) < 4.78 is 0. The lowest BCUT2D eigenvalue weighted by Gasteiger charge is -2.32. The van der Waals surface area contributed by atoms with Crippen LogP contribution in [0.15, 0.2) is 0 Å². The van der Waals surface area contributed by atoms with Crippen LogP contribution in [0.5, 0.6) is 0 Å². The normalized spacial score (nSPS) is 13.4. The summed E-state index contributed by atoms with van der Waals surface area (Å²) in [6, 6.07) is 0. The van der Waals surface area contributed by atoms with E-state index in [1.54, 1.807) is 0 Å². The van der Waals surface area contributed by atoms with Gasteiger partial charge in [0.1, 0.15) is 5.54 Å². The van der Waals surface area contributed by atoms with Gasteiger partial charge in [-0.25, -0.2) is 4.79 Å². The van der Waals surface area contributed by atoms with E-state index in [2.05, 4.69) is 0 Å². The van der Waals surface area contributed by atoms with Gasteiger partial charge in [-0.1, -0.05) is 6.92 Å². The summed E-state index contributed by atoms with van der Waals surface area (Å²) in [6.45, 7) is 5.28. The quantitative estimate of drug-likeness (QED) is 0.692. The van der Waals surface area contributed by atoms with E-state index >= 15 is 0 Å². The zero-order valence-electron chi connectivity index (χ0n) is 9.78. The van der Waals surface area contributed by atoms with Gasteiger partial charge in [-0.3, -0.25) is 4.79 Å². The third-order valence-corrected chi connectivity index (χ3v) is 2.66. The highest BCUT2D eigenvalue weighted by Crippen LogP contribution is 2.15. The van der Waals surface area contributed by atoms with Crippen molar-refractivity contribution in [3.63, 3.8) is 0 Å². The second-order valence-electron chi connectivity index (χ2n) is 4.36. The molecule has 15 heavy (non-hydrogen) atoms. The van der Waals surface area contributed by atoms with Gasteiger partial charge in [-0.15, -0.1) is 0 Å². The smallest absolute Gasteiger partial charge is 0.329 e. The van der Waals surface area contributed by atoms with Crippen molar-refractivity contribution in [2.75, 3.05) is 13.6 Å². The molecule has 1 atom stereocenters. The lowest BCUT2D eigenvalue weighted by molar-refractivity contribution is -0.155. The third-order valence-electron chi connectivity index (χ3n) is 2.66. The van der Waals surface area contributed by atoms with E-state index in [1.807, 2.05) is 6.92 Å². The van der Waals surface area contributed by atoms with E-state index < -0.39 is 11.5 Å². The predicted molar refractivity (Wildman–Crippen MR) is 57.3 cm³/mol. The topological polar surface area (TPSA) is 83.6 Å². The summed E-state index contributed by atoms with van der Waals surface area (Å²) in [5.41, 5.74) is 4.23. The molecule has 5 nitrogen and oxygen atoms in total. The second kappa shape index (κ2) is 5.11. The highest BCUT2D eigenvalue weighted by Gasteiger charge is 2.35. The molecule has 0 saturated carbocycles. The zero-order chi connectivity index (χ0) is 12.2. The molecule has 1 amide bonds. The van der Waals surface area contributed by atoms with Crippen LogP contribution in [0.2, 0.25) is 0 Å². The Kier molecular flexibility index (Phi) is 4.74. The van der Waals surface area contributed by atoms with E-state index in [4.69, 9.17) is 10.8 Å². The number of carbonyl (C=O) groups excluding carboxylic acids is 1. The summed E-state index contributed by atoms with van der Waals surface area (Å²) in [6.07, 6.45) is 0.281. The monoisotopic (exact) mass is 216 g/mol. The molecule has 0 aromatic rings. The maximum Gasteiger partial charge on any atom is 0.329 e. The van der Waals surface area contributed by atoms with Crippen LogP contribution >= 0.6 is 0 Å². The summed E-state index contributed by atoms with van der Waals surface area (Å²) in [5, 5.41) is 8.93. The Morgan fingerprint density at radius 1 is 1.47 bits per heavy atom. The van der Waals surface area contributed by atoms with Crippen molar-refractivity contribution in [3.8, 4) is 0 Å². The number of hydrogen-bond acceptors (Lipinski definition) is 3. The van der Waals surface area contributed by atoms with Crippen molar-refractivity contribution in [2.45, 2.75) is 32.7 Å². The fourth-order valence-electron chi connectivity index (χ4n) is 0.974. The van der Waals surface area contributed by atoms with Crippen LogP contribution in [0.1, 0.15) is 27.2 Å². The fraction of sp³-hybridized carbons (Fsp3) is 0.800. The van der Waals surface area contributed by atoms with E-state index in [-0.39, 0.29) is 18.2 Å². The first-order valence-electron chi connectivity index (χ1n) is 4.93. The van der Waals surface area contributed by atoms with Crippen LogP contribution in [0.4, 0.5) is 0 Å². The Labute approximate surface area is 90.2 Å². The molecule has 0 spiro atoms. The Balaban J connectivity index is 4.51. The first-order chi connectivity index (χ1) is 6.73. The Bertz CT molecular complexity index is 251. The lowest BCUT2D eigenvalue weighted by Crippen LogP contribution is -2.51. The highest BCUT2D eigenvalue weighted by molar-refractivity contribution is 5.86. The van der Waals surface area contributed by atoms with Crippen LogP contribution in [-0.2, 0) is 9.59 Å². The molecule has 0 rings (SSSR count). The van der Waals surface area contributed by atoms with Gasteiger partial charge in [0.15, 0.2) is 0 Å². The van der Waals surface area contributed by atoms with Gasteiger partial charge in [-0.2, -0.15) is 0 Å². The number of carboxylic acids is 1. The zero-order valence-corrected chi connectivity index (χ0v) is 9.78. The highest BCUT2D eigenvalue weighted by atomic mass is 16.4. The van der Waals surface area contributed by atoms with Crippen molar-refractivity contribution in [1.29, 1.82) is 0 Å². The minimum atomic E-state index is -1.18. The minimum absolute atomic E-state index is 0.0737. The van der Waals surface area contributed by atoms with Crippen LogP contribution in [0.3, 0.4) is 0 Å². The largest absolute Gasteiger partial charge is 0.480 e. The summed E-state index contributed by atoms with van der Waals surface area (Å²) in [4.78, 5) is 23.8. The van der Waals surface area contributed by atoms with Crippen LogP contribution < -0.4 is 5.73 Å². The number of hydrogen-bond donors (Lipinski definition) is 2. The molecule has 88 valence electrons. The number of nitrogens with two attached hydrogens (primary N) is 1. The van der Waals surface area contributed by atoms with Crippen molar-refractivity contribution < 1.29 is 14.7 Å². The maximum atomic E-state index is 11.7. The Hall–Kier alpha value is -1.10. The molecule has 3 N–H and O–H groups in total. The molecule has 0 aromatic carbocycles. The molecule has 0 radical (unpaired) electrons. The number of carboxylic acid groups (broad SMARTS) is 1. The average Bonchev–Trinajstić information content (AvgIpc) is 2.15. The Morgan fingerprint density at radius 2 is 1.93 bits per heavy atom. The first-order valence-corrected chi connectivity index (χ1v) is 4.93. The summed E-state index contributed by atoms with van der Waals surface area (Å²) in [7, 11) is 1.50. The number of likely N-dealkylation sites (N-methyl/N-ethyl adjacent to an activating group) is 1. The van der Waals surface area contributed by atoms with Crippen molar-refractivity contribution in [3.05, 3.63) is 0 Å². The number of nitrogens with zero attached hydrogens (tertiary/aromatic N) is 1. The summed E-state index contributed by atoms with van der Waals surface area (Å²) in [5.74, 6) is -1.14. The van der Waals surface area contributed by atoms with E-state index in [0.29, 0.717) is 6.54 Å². The molecule has 0 fully saturated rings. The molecule has 1 unspecified atom stereocenters. The molecule has 0 aliphatic heterocycles. The van der Waals surface area contributed by atoms with Crippen molar-refractivity contribution in [1.82, 2.24) is 4.90 Å². The SMILES string of the molecule is CC(CN)CC(=O)N(C)C(C)(C)C(=O)O. The summed E-state index contributed by atoms with van der Waals surface area (Å²) >= 11 is 0. The maximum absolute atomic E-state index is 11.7. The average molecular weight is 216 g/mol. The van der Waals surface area contributed by atoms with E-state index in [9.17, 15) is 9.59 Å². The number of rotatable bonds is 5. The van der Waals surface area contributed by atoms with Crippen LogP contribution in [-0.4, -0.2) is 41.0 Å². The molecular weight excluding hydrogens is 196 g/mol. The molecule has 0 bridgehead atoms. The van der Waals surface area contributed by atoms with Gasteiger partial charge in [0.05, 0.1) is 0 Å². The number of carbonyl (C=O) groups is 2. The number of aliphatic carboxylic acids is 1. The van der Waals surface area contributed by atoms with Crippen molar-refractivity contribution >= 4 is 11.9 Å². The van der Waals surface area contributed by atoms with Crippen LogP contribution in [0.25, 0.3) is 0 Å². The third kappa shape index (κ3) is 3.51. The Morgan fingerprint density at radius 3 is 2.27 bits per heavy atom. The van der Waals surface area contributed by atoms with Gasteiger partial charge < -0.3 is 15.7 Å². The molecule has 5 heteroatoms. The first kappa shape index (κ1) is 13.9. The van der Waals surface area contributed by atoms with E-state index in [0.717, 1.165) is 0 Å². The van der Waals surface area contributed by atoms with Crippen molar-refractivity contribution in [2.24, 2.45) is 11.7 Å².